The molecule has 2 aromatic carbocycles. The zero-order valence-corrected chi connectivity index (χ0v) is 19.2. The van der Waals surface area contributed by atoms with Gasteiger partial charge in [0.05, 0.1) is 0 Å². The highest BCUT2D eigenvalue weighted by atomic mass is 79.9. The number of phenols is 1. The molecule has 0 atom stereocenters. The van der Waals surface area contributed by atoms with E-state index in [0.29, 0.717) is 11.3 Å². The second kappa shape index (κ2) is 8.13. The SMILES string of the molecule is Cc1cccc(C)c1Nc1c(-c2cc(Br)ccc2O)nc2cc(CN(C)C)ccn12. The lowest BCUT2D eigenvalue weighted by Crippen LogP contribution is -2.10. The van der Waals surface area contributed by atoms with E-state index < -0.39 is 0 Å². The number of aromatic nitrogens is 2. The number of imidazole rings is 1. The summed E-state index contributed by atoms with van der Waals surface area (Å²) in [5, 5.41) is 14.2. The average Bonchev–Trinajstić information content (AvgIpc) is 3.03. The molecule has 2 aromatic heterocycles. The smallest absolute Gasteiger partial charge is 0.143 e. The van der Waals surface area contributed by atoms with E-state index in [1.54, 1.807) is 6.07 Å². The van der Waals surface area contributed by atoms with Crippen LogP contribution < -0.4 is 5.32 Å². The van der Waals surface area contributed by atoms with Gasteiger partial charge in [-0.1, -0.05) is 34.1 Å². The first-order chi connectivity index (χ1) is 14.3. The van der Waals surface area contributed by atoms with Gasteiger partial charge in [-0.2, -0.15) is 0 Å². The van der Waals surface area contributed by atoms with Crippen LogP contribution in [0.25, 0.3) is 16.9 Å². The third-order valence-electron chi connectivity index (χ3n) is 5.13. The van der Waals surface area contributed by atoms with Crippen molar-refractivity contribution in [1.29, 1.82) is 0 Å². The number of aryl methyl sites for hydroxylation is 2. The lowest BCUT2D eigenvalue weighted by atomic mass is 10.1. The fourth-order valence-corrected chi connectivity index (χ4v) is 4.05. The Morgan fingerprint density at radius 1 is 1.07 bits per heavy atom. The number of pyridine rings is 1. The molecule has 0 saturated heterocycles. The molecule has 0 spiro atoms. The summed E-state index contributed by atoms with van der Waals surface area (Å²) in [6.07, 6.45) is 2.04. The number of hydrogen-bond donors (Lipinski definition) is 2. The summed E-state index contributed by atoms with van der Waals surface area (Å²) in [6.45, 7) is 5.01. The van der Waals surface area contributed by atoms with E-state index in [9.17, 15) is 5.11 Å². The van der Waals surface area contributed by atoms with Gasteiger partial charge >= 0.3 is 0 Å². The number of nitrogens with one attached hydrogen (secondary N) is 1. The highest BCUT2D eigenvalue weighted by Crippen LogP contribution is 2.38. The van der Waals surface area contributed by atoms with Crippen LogP contribution in [-0.2, 0) is 6.54 Å². The summed E-state index contributed by atoms with van der Waals surface area (Å²) in [7, 11) is 4.10. The minimum atomic E-state index is 0.194. The van der Waals surface area contributed by atoms with E-state index in [-0.39, 0.29) is 5.75 Å². The second-order valence-corrected chi connectivity index (χ2v) is 8.78. The fourth-order valence-electron chi connectivity index (χ4n) is 3.69. The molecule has 6 heteroatoms. The molecule has 0 radical (unpaired) electrons. The summed E-state index contributed by atoms with van der Waals surface area (Å²) < 4.78 is 2.93. The van der Waals surface area contributed by atoms with Crippen molar-refractivity contribution in [2.24, 2.45) is 0 Å². The summed E-state index contributed by atoms with van der Waals surface area (Å²) in [5.41, 5.74) is 6.75. The molecule has 2 N–H and O–H groups in total. The highest BCUT2D eigenvalue weighted by molar-refractivity contribution is 9.10. The molecular weight excluding hydrogens is 440 g/mol. The number of nitrogens with zero attached hydrogens (tertiary/aromatic N) is 3. The third-order valence-corrected chi connectivity index (χ3v) is 5.62. The lowest BCUT2D eigenvalue weighted by molar-refractivity contribution is 0.402. The Labute approximate surface area is 185 Å². The van der Waals surface area contributed by atoms with Crippen molar-refractivity contribution in [3.8, 4) is 17.0 Å². The molecule has 0 bridgehead atoms. The van der Waals surface area contributed by atoms with Gasteiger partial charge in [0, 0.05) is 28.5 Å². The number of anilines is 2. The molecule has 0 saturated carbocycles. The number of halogens is 1. The number of hydrogen-bond acceptors (Lipinski definition) is 4. The first-order valence-corrected chi connectivity index (χ1v) is 10.6. The molecule has 2 heterocycles. The summed E-state index contributed by atoms with van der Waals surface area (Å²) >= 11 is 3.52. The van der Waals surface area contributed by atoms with Crippen molar-refractivity contribution < 1.29 is 5.11 Å². The van der Waals surface area contributed by atoms with Crippen LogP contribution in [0.5, 0.6) is 5.75 Å². The molecular formula is C24H25BrN4O. The topological polar surface area (TPSA) is 52.8 Å². The van der Waals surface area contributed by atoms with Gasteiger partial charge in [0.25, 0.3) is 0 Å². The number of phenolic OH excluding ortho intramolecular Hbond substituents is 1. The van der Waals surface area contributed by atoms with Crippen LogP contribution in [0.2, 0.25) is 0 Å². The van der Waals surface area contributed by atoms with E-state index in [1.807, 2.05) is 22.7 Å². The van der Waals surface area contributed by atoms with Crippen molar-refractivity contribution in [1.82, 2.24) is 14.3 Å². The van der Waals surface area contributed by atoms with E-state index in [0.717, 1.165) is 39.3 Å². The largest absolute Gasteiger partial charge is 0.507 e. The van der Waals surface area contributed by atoms with E-state index >= 15 is 0 Å². The molecule has 154 valence electrons. The van der Waals surface area contributed by atoms with Crippen molar-refractivity contribution in [2.45, 2.75) is 20.4 Å². The monoisotopic (exact) mass is 464 g/mol. The Kier molecular flexibility index (Phi) is 5.54. The Hall–Kier alpha value is -2.83. The third kappa shape index (κ3) is 3.93. The van der Waals surface area contributed by atoms with Crippen LogP contribution in [0.15, 0.2) is 59.2 Å². The first kappa shape index (κ1) is 20.4. The molecule has 5 nitrogen and oxygen atoms in total. The Morgan fingerprint density at radius 3 is 2.50 bits per heavy atom. The van der Waals surface area contributed by atoms with Crippen LogP contribution in [-0.4, -0.2) is 33.5 Å². The molecule has 4 aromatic rings. The average molecular weight is 465 g/mol. The minimum Gasteiger partial charge on any atom is -0.507 e. The van der Waals surface area contributed by atoms with Gasteiger partial charge in [-0.25, -0.2) is 4.98 Å². The number of benzene rings is 2. The Balaban J connectivity index is 1.94. The molecule has 0 aliphatic heterocycles. The van der Waals surface area contributed by atoms with Crippen LogP contribution in [0.3, 0.4) is 0 Å². The van der Waals surface area contributed by atoms with Crippen molar-refractivity contribution in [3.63, 3.8) is 0 Å². The molecule has 0 aliphatic rings. The number of para-hydroxylation sites is 1. The van der Waals surface area contributed by atoms with Gasteiger partial charge in [0.1, 0.15) is 22.9 Å². The predicted octanol–water partition coefficient (Wildman–Crippen LogP) is 5.89. The zero-order chi connectivity index (χ0) is 21.4. The molecule has 30 heavy (non-hydrogen) atoms. The van der Waals surface area contributed by atoms with Crippen LogP contribution in [0.1, 0.15) is 16.7 Å². The summed E-state index contributed by atoms with van der Waals surface area (Å²) in [4.78, 5) is 7.04. The van der Waals surface area contributed by atoms with Gasteiger partial charge in [0.15, 0.2) is 0 Å². The number of fused-ring (bicyclic) bond motifs is 1. The standard InChI is InChI=1S/C24H25BrN4O/c1-15-6-5-7-16(2)22(15)27-24-23(19-13-18(25)8-9-20(19)30)26-21-12-17(14-28(3)4)10-11-29(21)24/h5-13,27,30H,14H2,1-4H3. The van der Waals surface area contributed by atoms with Gasteiger partial charge < -0.3 is 15.3 Å². The van der Waals surface area contributed by atoms with Crippen molar-refractivity contribution in [2.75, 3.05) is 19.4 Å². The number of aromatic hydroxyl groups is 1. The zero-order valence-electron chi connectivity index (χ0n) is 17.6. The normalized spacial score (nSPS) is 11.4. The summed E-state index contributed by atoms with van der Waals surface area (Å²) in [6, 6.07) is 15.8. The maximum Gasteiger partial charge on any atom is 0.143 e. The van der Waals surface area contributed by atoms with Crippen LogP contribution in [0, 0.1) is 13.8 Å². The lowest BCUT2D eigenvalue weighted by Gasteiger charge is -2.15. The van der Waals surface area contributed by atoms with E-state index in [4.69, 9.17) is 4.98 Å². The van der Waals surface area contributed by atoms with Crippen LogP contribution >= 0.6 is 15.9 Å². The quantitative estimate of drug-likeness (QED) is 0.386. The summed E-state index contributed by atoms with van der Waals surface area (Å²) in [5.74, 6) is 1.02. The van der Waals surface area contributed by atoms with Crippen molar-refractivity contribution in [3.05, 3.63) is 75.9 Å². The van der Waals surface area contributed by atoms with Crippen LogP contribution in [0.4, 0.5) is 11.5 Å². The van der Waals surface area contributed by atoms with E-state index in [1.165, 1.54) is 5.56 Å². The second-order valence-electron chi connectivity index (χ2n) is 7.86. The highest BCUT2D eigenvalue weighted by Gasteiger charge is 2.19. The Bertz CT molecular complexity index is 1210. The minimum absolute atomic E-state index is 0.194. The van der Waals surface area contributed by atoms with Gasteiger partial charge in [-0.15, -0.1) is 0 Å². The molecule has 0 unspecified atom stereocenters. The fraction of sp³-hybridized carbons (Fsp3) is 0.208. The maximum absolute atomic E-state index is 10.6. The van der Waals surface area contributed by atoms with Gasteiger partial charge in [0.2, 0.25) is 0 Å². The van der Waals surface area contributed by atoms with E-state index in [2.05, 4.69) is 84.4 Å². The maximum atomic E-state index is 10.6. The van der Waals surface area contributed by atoms with Gasteiger partial charge in [-0.3, -0.25) is 4.40 Å². The van der Waals surface area contributed by atoms with Gasteiger partial charge in [-0.05, 0) is 75.0 Å². The van der Waals surface area contributed by atoms with Crippen molar-refractivity contribution >= 4 is 33.1 Å². The predicted molar refractivity (Wildman–Crippen MR) is 127 cm³/mol. The Morgan fingerprint density at radius 2 is 1.80 bits per heavy atom. The molecule has 0 fully saturated rings. The number of rotatable bonds is 5. The molecule has 0 amide bonds. The molecule has 0 aliphatic carbocycles. The molecule has 4 rings (SSSR count). The first-order valence-electron chi connectivity index (χ1n) is 9.81.